The lowest BCUT2D eigenvalue weighted by atomic mass is 9.81. The van der Waals surface area contributed by atoms with Gasteiger partial charge >= 0.3 is 0 Å². The highest BCUT2D eigenvalue weighted by molar-refractivity contribution is 5.79. The predicted molar refractivity (Wildman–Crippen MR) is 86.2 cm³/mol. The van der Waals surface area contributed by atoms with Crippen LogP contribution in [-0.4, -0.2) is 35.4 Å². The quantitative estimate of drug-likeness (QED) is 0.922. The van der Waals surface area contributed by atoms with E-state index in [0.717, 1.165) is 37.4 Å². The van der Waals surface area contributed by atoms with Gasteiger partial charge in [-0.1, -0.05) is 31.2 Å². The van der Waals surface area contributed by atoms with Gasteiger partial charge in [0, 0.05) is 37.5 Å². The standard InChI is InChI=1S/C18H21N3O/c1-12-16-11-21(9-14(16)8-19-18(12)22)10-15-7-6-13-4-2-3-5-17(13)20-15/h2-7,12,14,16H,8-11H2,1H3,(H,19,22)/t12-,14+,16+/m1/s1. The van der Waals surface area contributed by atoms with Gasteiger partial charge in [-0.2, -0.15) is 0 Å². The first kappa shape index (κ1) is 13.7. The third kappa shape index (κ3) is 2.37. The van der Waals surface area contributed by atoms with Crippen LogP contribution in [0.5, 0.6) is 0 Å². The Morgan fingerprint density at radius 2 is 2.09 bits per heavy atom. The number of hydrogen-bond acceptors (Lipinski definition) is 3. The van der Waals surface area contributed by atoms with Crippen LogP contribution in [0.3, 0.4) is 0 Å². The summed E-state index contributed by atoms with van der Waals surface area (Å²) in [4.78, 5) is 19.0. The van der Waals surface area contributed by atoms with E-state index in [1.54, 1.807) is 0 Å². The number of piperidine rings is 1. The zero-order valence-corrected chi connectivity index (χ0v) is 12.8. The van der Waals surface area contributed by atoms with Gasteiger partial charge in [-0.25, -0.2) is 0 Å². The molecule has 22 heavy (non-hydrogen) atoms. The molecule has 1 amide bonds. The van der Waals surface area contributed by atoms with Crippen molar-refractivity contribution in [3.05, 3.63) is 42.1 Å². The van der Waals surface area contributed by atoms with Crippen molar-refractivity contribution in [1.29, 1.82) is 0 Å². The maximum Gasteiger partial charge on any atom is 0.223 e. The van der Waals surface area contributed by atoms with E-state index in [2.05, 4.69) is 41.4 Å². The van der Waals surface area contributed by atoms with Crippen LogP contribution in [0.2, 0.25) is 0 Å². The lowest BCUT2D eigenvalue weighted by Crippen LogP contribution is -2.46. The number of hydrogen-bond donors (Lipinski definition) is 1. The lowest BCUT2D eigenvalue weighted by molar-refractivity contribution is -0.128. The highest BCUT2D eigenvalue weighted by Crippen LogP contribution is 2.33. The van der Waals surface area contributed by atoms with Gasteiger partial charge in [0.2, 0.25) is 5.91 Å². The summed E-state index contributed by atoms with van der Waals surface area (Å²) in [6.45, 7) is 5.83. The van der Waals surface area contributed by atoms with Crippen LogP contribution in [-0.2, 0) is 11.3 Å². The molecule has 1 aromatic heterocycles. The largest absolute Gasteiger partial charge is 0.356 e. The normalized spacial score (nSPS) is 28.6. The average molecular weight is 295 g/mol. The molecule has 4 rings (SSSR count). The number of likely N-dealkylation sites (tertiary alicyclic amines) is 1. The minimum Gasteiger partial charge on any atom is -0.356 e. The molecule has 2 aliphatic rings. The molecule has 3 heterocycles. The Morgan fingerprint density at radius 1 is 1.23 bits per heavy atom. The van der Waals surface area contributed by atoms with Gasteiger partial charge in [-0.3, -0.25) is 14.7 Å². The molecule has 0 spiro atoms. The number of pyridine rings is 1. The summed E-state index contributed by atoms with van der Waals surface area (Å²) in [5.74, 6) is 1.43. The molecule has 0 aliphatic carbocycles. The predicted octanol–water partition coefficient (Wildman–Crippen LogP) is 2.05. The number of carbonyl (C=O) groups is 1. The zero-order chi connectivity index (χ0) is 15.1. The number of para-hydroxylation sites is 1. The van der Waals surface area contributed by atoms with Gasteiger partial charge in [-0.15, -0.1) is 0 Å². The molecule has 0 unspecified atom stereocenters. The second-order valence-electron chi connectivity index (χ2n) is 6.65. The summed E-state index contributed by atoms with van der Waals surface area (Å²) in [7, 11) is 0. The maximum atomic E-state index is 11.8. The summed E-state index contributed by atoms with van der Waals surface area (Å²) in [5, 5.41) is 4.22. The van der Waals surface area contributed by atoms with Crippen LogP contribution in [0.4, 0.5) is 0 Å². The fraction of sp³-hybridized carbons (Fsp3) is 0.444. The Morgan fingerprint density at radius 3 is 3.00 bits per heavy atom. The fourth-order valence-corrected chi connectivity index (χ4v) is 3.91. The Labute approximate surface area is 130 Å². The Kier molecular flexibility index (Phi) is 3.34. The van der Waals surface area contributed by atoms with E-state index in [1.165, 1.54) is 5.39 Å². The summed E-state index contributed by atoms with van der Waals surface area (Å²) in [6, 6.07) is 12.5. The minimum atomic E-state index is 0.133. The van der Waals surface area contributed by atoms with Crippen molar-refractivity contribution in [2.24, 2.45) is 17.8 Å². The first-order valence-electron chi connectivity index (χ1n) is 8.05. The molecule has 4 nitrogen and oxygen atoms in total. The first-order chi connectivity index (χ1) is 10.7. The molecule has 3 atom stereocenters. The molecule has 4 heteroatoms. The average Bonchev–Trinajstić information content (AvgIpc) is 2.94. The Hall–Kier alpha value is -1.94. The van der Waals surface area contributed by atoms with E-state index in [1.807, 2.05) is 12.1 Å². The summed E-state index contributed by atoms with van der Waals surface area (Å²) >= 11 is 0. The molecular formula is C18H21N3O. The number of carbonyl (C=O) groups excluding carboxylic acids is 1. The van der Waals surface area contributed by atoms with Crippen LogP contribution in [0, 0.1) is 17.8 Å². The van der Waals surface area contributed by atoms with E-state index in [0.29, 0.717) is 11.8 Å². The van der Waals surface area contributed by atoms with Gasteiger partial charge in [0.1, 0.15) is 0 Å². The van der Waals surface area contributed by atoms with E-state index >= 15 is 0 Å². The van der Waals surface area contributed by atoms with Gasteiger partial charge in [0.25, 0.3) is 0 Å². The molecule has 114 valence electrons. The van der Waals surface area contributed by atoms with Gasteiger partial charge in [0.05, 0.1) is 11.2 Å². The summed E-state index contributed by atoms with van der Waals surface area (Å²) in [6.07, 6.45) is 0. The van der Waals surface area contributed by atoms with Crippen molar-refractivity contribution in [3.63, 3.8) is 0 Å². The first-order valence-corrected chi connectivity index (χ1v) is 8.05. The molecule has 2 aromatic rings. The number of amides is 1. The highest BCUT2D eigenvalue weighted by Gasteiger charge is 2.41. The third-order valence-corrected chi connectivity index (χ3v) is 5.20. The monoisotopic (exact) mass is 295 g/mol. The highest BCUT2D eigenvalue weighted by atomic mass is 16.1. The van der Waals surface area contributed by atoms with E-state index < -0.39 is 0 Å². The molecule has 0 radical (unpaired) electrons. The van der Waals surface area contributed by atoms with Crippen LogP contribution in [0.15, 0.2) is 36.4 Å². The van der Waals surface area contributed by atoms with Gasteiger partial charge in [0.15, 0.2) is 0 Å². The van der Waals surface area contributed by atoms with Crippen LogP contribution >= 0.6 is 0 Å². The van der Waals surface area contributed by atoms with Gasteiger partial charge in [-0.05, 0) is 24.0 Å². The lowest BCUT2D eigenvalue weighted by Gasteiger charge is -2.30. The SMILES string of the molecule is C[C@H]1C(=O)NC[C@H]2CN(Cc3ccc4ccccc4n3)C[C@H]21. The Bertz CT molecular complexity index is 714. The fourth-order valence-electron chi connectivity index (χ4n) is 3.91. The topological polar surface area (TPSA) is 45.2 Å². The minimum absolute atomic E-state index is 0.133. The molecular weight excluding hydrogens is 274 g/mol. The van der Waals surface area contributed by atoms with E-state index in [-0.39, 0.29) is 11.8 Å². The van der Waals surface area contributed by atoms with Crippen molar-refractivity contribution >= 4 is 16.8 Å². The molecule has 2 fully saturated rings. The van der Waals surface area contributed by atoms with Crippen molar-refractivity contribution in [3.8, 4) is 0 Å². The van der Waals surface area contributed by atoms with Crippen LogP contribution in [0.1, 0.15) is 12.6 Å². The van der Waals surface area contributed by atoms with Crippen molar-refractivity contribution < 1.29 is 4.79 Å². The Balaban J connectivity index is 1.50. The van der Waals surface area contributed by atoms with Crippen molar-refractivity contribution in [2.45, 2.75) is 13.5 Å². The third-order valence-electron chi connectivity index (χ3n) is 5.20. The number of rotatable bonds is 2. The number of aromatic nitrogens is 1. The smallest absolute Gasteiger partial charge is 0.223 e. The van der Waals surface area contributed by atoms with Crippen molar-refractivity contribution in [1.82, 2.24) is 15.2 Å². The summed E-state index contributed by atoms with van der Waals surface area (Å²) in [5.41, 5.74) is 2.17. The molecule has 1 N–H and O–H groups in total. The number of nitrogens with zero attached hydrogens (tertiary/aromatic N) is 2. The molecule has 2 saturated heterocycles. The second kappa shape index (κ2) is 5.36. The molecule has 2 aliphatic heterocycles. The summed E-state index contributed by atoms with van der Waals surface area (Å²) < 4.78 is 0. The van der Waals surface area contributed by atoms with Crippen LogP contribution in [0.25, 0.3) is 10.9 Å². The molecule has 0 saturated carbocycles. The maximum absolute atomic E-state index is 11.8. The van der Waals surface area contributed by atoms with Crippen LogP contribution < -0.4 is 5.32 Å². The number of fused-ring (bicyclic) bond motifs is 2. The van der Waals surface area contributed by atoms with E-state index in [9.17, 15) is 4.79 Å². The molecule has 0 bridgehead atoms. The zero-order valence-electron chi connectivity index (χ0n) is 12.8. The number of benzene rings is 1. The number of nitrogens with one attached hydrogen (secondary N) is 1. The molecule has 1 aromatic carbocycles. The van der Waals surface area contributed by atoms with E-state index in [4.69, 9.17) is 4.98 Å². The second-order valence-corrected chi connectivity index (χ2v) is 6.65. The van der Waals surface area contributed by atoms with Gasteiger partial charge < -0.3 is 5.32 Å². The van der Waals surface area contributed by atoms with Crippen molar-refractivity contribution in [2.75, 3.05) is 19.6 Å².